The van der Waals surface area contributed by atoms with E-state index in [1.807, 2.05) is 55.4 Å². The Morgan fingerprint density at radius 2 is 1.04 bits per heavy atom. The van der Waals surface area contributed by atoms with Gasteiger partial charge in [0.1, 0.15) is 0 Å². The molecule has 272 valence electrons. The predicted octanol–water partition coefficient (Wildman–Crippen LogP) is 11.2. The first-order valence-corrected chi connectivity index (χ1v) is 16.8. The van der Waals surface area contributed by atoms with Crippen molar-refractivity contribution in [2.75, 3.05) is 20.8 Å². The molecule has 0 amide bonds. The van der Waals surface area contributed by atoms with Crippen LogP contribution in [0.4, 0.5) is 0 Å². The van der Waals surface area contributed by atoms with Gasteiger partial charge in [0, 0.05) is 14.2 Å². The summed E-state index contributed by atoms with van der Waals surface area (Å²) in [5, 5.41) is 0. The third kappa shape index (κ3) is 16.2. The summed E-state index contributed by atoms with van der Waals surface area (Å²) in [6, 6.07) is 0. The van der Waals surface area contributed by atoms with E-state index in [0.717, 1.165) is 46.8 Å². The molecule has 46 heavy (non-hydrogen) atoms. The van der Waals surface area contributed by atoms with Crippen LogP contribution < -0.4 is 0 Å². The monoisotopic (exact) mass is 655 g/mol. The average Bonchev–Trinajstić information content (AvgIpc) is 3.75. The highest BCUT2D eigenvalue weighted by Gasteiger charge is 2.38. The smallest absolute Gasteiger partial charge is 0.455 e. The minimum absolute atomic E-state index is 0. The van der Waals surface area contributed by atoms with Crippen LogP contribution in [0.15, 0.2) is 23.7 Å². The molecule has 2 aliphatic heterocycles. The van der Waals surface area contributed by atoms with Gasteiger partial charge in [-0.3, -0.25) is 0 Å². The number of hydrogen-bond donors (Lipinski definition) is 0. The third-order valence-corrected chi connectivity index (χ3v) is 8.64. The summed E-state index contributed by atoms with van der Waals surface area (Å²) in [6.45, 7) is 16.0. The molecule has 0 aromatic heterocycles. The van der Waals surface area contributed by atoms with Crippen LogP contribution in [0.1, 0.15) is 155 Å². The minimum atomic E-state index is -0.470. The van der Waals surface area contributed by atoms with E-state index in [4.69, 9.17) is 32.5 Å². The van der Waals surface area contributed by atoms with E-state index in [0.29, 0.717) is 6.61 Å². The second kappa shape index (κ2) is 24.2. The zero-order chi connectivity index (χ0) is 31.8. The Hall–Kier alpha value is -1.96. The fourth-order valence-electron chi connectivity index (χ4n) is 7.17. The summed E-state index contributed by atoms with van der Waals surface area (Å²) < 4.78 is 35.9. The van der Waals surface area contributed by atoms with Crippen molar-refractivity contribution in [3.8, 4) is 0 Å². The van der Waals surface area contributed by atoms with Gasteiger partial charge < -0.3 is 32.5 Å². The van der Waals surface area contributed by atoms with Crippen molar-refractivity contribution >= 4 is 11.6 Å². The molecule has 3 fully saturated rings. The summed E-state index contributed by atoms with van der Waals surface area (Å²) in [5.74, 6) is 7.65. The third-order valence-electron chi connectivity index (χ3n) is 8.64. The van der Waals surface area contributed by atoms with Crippen molar-refractivity contribution < 1.29 is 32.5 Å². The normalized spacial score (nSPS) is 19.9. The van der Waals surface area contributed by atoms with Crippen LogP contribution in [-0.2, 0) is 32.5 Å². The van der Waals surface area contributed by atoms with Crippen molar-refractivity contribution in [1.29, 1.82) is 0 Å². The van der Waals surface area contributed by atoms with Crippen LogP contribution in [0.3, 0.4) is 0 Å². The summed E-state index contributed by atoms with van der Waals surface area (Å²) in [4.78, 5) is 0. The van der Waals surface area contributed by atoms with Crippen LogP contribution in [-0.4, -0.2) is 38.0 Å². The number of carbonyl (C=O) groups excluding carboxylic acids is 2. The molecule has 0 aromatic rings. The molecule has 5 rings (SSSR count). The van der Waals surface area contributed by atoms with Crippen LogP contribution in [0.2, 0.25) is 0 Å². The Bertz CT molecular complexity index is 863. The standard InChI is InChI=1S/C16H28.C11H18O4.C7H10O3.C2H6.3CH4/c1-2-8-13(7-1)16(14-9-3-4-10-14)15-11-5-6-12-15;1-8-6-9(2)14-10(13-8)15-11(3,4)7-12-5;1-5-4-6(2)10-7(8-3)9-5;1-2;;;/h13-16H,1-12H2;6H,7H2,1-5H3;4H,1-3H3;1-2H3;3*1H4. The summed E-state index contributed by atoms with van der Waals surface area (Å²) >= 11 is 0. The Morgan fingerprint density at radius 3 is 1.37 bits per heavy atom. The summed E-state index contributed by atoms with van der Waals surface area (Å²) in [7, 11) is 3.13. The van der Waals surface area contributed by atoms with Gasteiger partial charge in [0.2, 0.25) is 0 Å². The molecule has 0 bridgehead atoms. The Kier molecular flexibility index (Phi) is 24.3. The molecule has 0 radical (unpaired) electrons. The van der Waals surface area contributed by atoms with Gasteiger partial charge in [-0.05, 0) is 77.4 Å². The second-order valence-corrected chi connectivity index (χ2v) is 12.8. The van der Waals surface area contributed by atoms with Crippen LogP contribution >= 0.6 is 0 Å². The molecule has 0 atom stereocenters. The molecule has 7 heteroatoms. The molecule has 0 spiro atoms. The van der Waals surface area contributed by atoms with Crippen molar-refractivity contribution in [1.82, 2.24) is 0 Å². The zero-order valence-electron chi connectivity index (χ0n) is 29.0. The summed E-state index contributed by atoms with van der Waals surface area (Å²) in [5.41, 5.74) is -0.470. The van der Waals surface area contributed by atoms with Gasteiger partial charge in [-0.25, -0.2) is 0 Å². The molecule has 3 saturated carbocycles. The van der Waals surface area contributed by atoms with Crippen molar-refractivity contribution in [3.05, 3.63) is 36.6 Å². The highest BCUT2D eigenvalue weighted by atomic mass is 16.8. The lowest BCUT2D eigenvalue weighted by atomic mass is 9.71. The lowest BCUT2D eigenvalue weighted by molar-refractivity contribution is -0.553. The van der Waals surface area contributed by atoms with E-state index in [1.54, 1.807) is 96.3 Å². The zero-order valence-corrected chi connectivity index (χ0v) is 29.0. The molecule has 0 saturated heterocycles. The second-order valence-electron chi connectivity index (χ2n) is 12.8. The maximum absolute atomic E-state index is 5.55. The first kappa shape index (κ1) is 46.2. The van der Waals surface area contributed by atoms with Gasteiger partial charge in [-0.1, -0.05) is 113 Å². The molecular weight excluding hydrogens is 580 g/mol. The van der Waals surface area contributed by atoms with E-state index in [9.17, 15) is 0 Å². The van der Waals surface area contributed by atoms with E-state index < -0.39 is 5.60 Å². The first-order chi connectivity index (χ1) is 20.6. The maximum Gasteiger partial charge on any atom is 0.509 e. The van der Waals surface area contributed by atoms with Crippen LogP contribution in [0.5, 0.6) is 0 Å². The first-order valence-electron chi connectivity index (χ1n) is 16.8. The Morgan fingerprint density at radius 1 is 0.696 bits per heavy atom. The Balaban J connectivity index is 0. The van der Waals surface area contributed by atoms with Crippen molar-refractivity contribution in [2.45, 2.75) is 160 Å². The van der Waals surface area contributed by atoms with E-state index in [2.05, 4.69) is 0 Å². The molecular formula is C39H74O7. The average molecular weight is 655 g/mol. The highest BCUT2D eigenvalue weighted by Crippen LogP contribution is 2.49. The number of methoxy groups -OCH3 is 2. The lowest BCUT2D eigenvalue weighted by Crippen LogP contribution is -2.34. The number of rotatable bonds is 8. The molecule has 3 aliphatic carbocycles. The van der Waals surface area contributed by atoms with Crippen molar-refractivity contribution in [2.24, 2.45) is 23.7 Å². The van der Waals surface area contributed by atoms with Gasteiger partial charge in [-0.15, -0.1) is 0 Å². The molecule has 7 nitrogen and oxygen atoms in total. The van der Waals surface area contributed by atoms with E-state index >= 15 is 0 Å². The Labute approximate surface area is 285 Å². The number of ketones is 2. The van der Waals surface area contributed by atoms with Crippen molar-refractivity contribution in [3.63, 3.8) is 0 Å². The largest absolute Gasteiger partial charge is 0.509 e. The van der Waals surface area contributed by atoms with Gasteiger partial charge in [0.15, 0.2) is 11.6 Å². The van der Waals surface area contributed by atoms with E-state index in [-0.39, 0.29) is 35.2 Å². The quantitative estimate of drug-likeness (QED) is 0.192. The highest BCUT2D eigenvalue weighted by molar-refractivity contribution is 5.88. The number of allylic oxidation sites excluding steroid dienone is 4. The minimum Gasteiger partial charge on any atom is -0.455 e. The van der Waals surface area contributed by atoms with Gasteiger partial charge in [0.05, 0.1) is 23.7 Å². The van der Waals surface area contributed by atoms with E-state index in [1.165, 1.54) is 7.11 Å². The molecule has 0 aromatic carbocycles. The SMILES string of the molecule is C.C.C.C1CCC(C(C2CCCC2)C2CCCC2)C1.CC.COCC(C)(C)O[C-]1OC(C)=CC(C)=[O+]1.CO[C-]1OC(C)=CC(C)=[O+]1. The fraction of sp³-hybridized carbons (Fsp3) is 0.795. The predicted molar refractivity (Wildman–Crippen MR) is 192 cm³/mol. The topological polar surface area (TPSA) is 68.8 Å². The van der Waals surface area contributed by atoms with Gasteiger partial charge in [0.25, 0.3) is 0 Å². The maximum atomic E-state index is 5.55. The number of hydrogen-bond acceptors (Lipinski definition) is 5. The molecule has 0 unspecified atom stereocenters. The molecule has 0 N–H and O–H groups in total. The summed E-state index contributed by atoms with van der Waals surface area (Å²) in [6.07, 6.45) is 22.3. The molecule has 2 heterocycles. The number of ether oxygens (including phenoxy) is 5. The van der Waals surface area contributed by atoms with Gasteiger partial charge in [-0.2, -0.15) is 0 Å². The lowest BCUT2D eigenvalue weighted by Gasteiger charge is -2.34. The molecule has 5 aliphatic rings. The fourth-order valence-corrected chi connectivity index (χ4v) is 7.17. The van der Waals surface area contributed by atoms with Gasteiger partial charge >= 0.3 is 13.0 Å². The van der Waals surface area contributed by atoms with Crippen LogP contribution in [0, 0.1) is 36.6 Å². The van der Waals surface area contributed by atoms with Crippen LogP contribution in [0.25, 0.3) is 0 Å².